The third kappa shape index (κ3) is 1.72. The van der Waals surface area contributed by atoms with Gasteiger partial charge in [0.25, 0.3) is 0 Å². The molecule has 13 heavy (non-hydrogen) atoms. The van der Waals surface area contributed by atoms with Crippen LogP contribution in [0.15, 0.2) is 24.3 Å². The van der Waals surface area contributed by atoms with Crippen molar-refractivity contribution in [2.45, 2.75) is 25.4 Å². The molecule has 0 spiro atoms. The number of rotatable bonds is 2. The molecule has 0 radical (unpaired) electrons. The topological polar surface area (TPSA) is 20.2 Å². The summed E-state index contributed by atoms with van der Waals surface area (Å²) in [6.45, 7) is 1.87. The lowest BCUT2D eigenvalue weighted by atomic mass is 9.91. The van der Waals surface area contributed by atoms with E-state index in [1.165, 1.54) is 0 Å². The highest BCUT2D eigenvalue weighted by Gasteiger charge is 2.41. The lowest BCUT2D eigenvalue weighted by Gasteiger charge is -2.23. The smallest absolute Gasteiger partial charge is 0.0897 e. The number of benzene rings is 1. The van der Waals surface area contributed by atoms with Crippen LogP contribution in [0, 0.1) is 5.92 Å². The van der Waals surface area contributed by atoms with Crippen LogP contribution in [0.25, 0.3) is 0 Å². The molecule has 1 aliphatic rings. The monoisotopic (exact) mass is 196 g/mol. The summed E-state index contributed by atoms with van der Waals surface area (Å²) in [5, 5.41) is 10.9. The minimum absolute atomic E-state index is 0.422. The summed E-state index contributed by atoms with van der Waals surface area (Å²) in [5.41, 5.74) is 0.243. The molecule has 1 atom stereocenters. The van der Waals surface area contributed by atoms with Gasteiger partial charge in [0.05, 0.1) is 5.60 Å². The predicted molar refractivity (Wildman–Crippen MR) is 53.7 cm³/mol. The van der Waals surface area contributed by atoms with Crippen LogP contribution in [0.4, 0.5) is 0 Å². The Kier molecular flexibility index (Phi) is 2.09. The van der Waals surface area contributed by atoms with Gasteiger partial charge < -0.3 is 5.11 Å². The molecule has 1 saturated carbocycles. The van der Waals surface area contributed by atoms with Gasteiger partial charge in [-0.2, -0.15) is 0 Å². The van der Waals surface area contributed by atoms with Gasteiger partial charge in [0.2, 0.25) is 0 Å². The lowest BCUT2D eigenvalue weighted by molar-refractivity contribution is 0.0331. The van der Waals surface area contributed by atoms with E-state index in [-0.39, 0.29) is 0 Å². The molecule has 0 amide bonds. The summed E-state index contributed by atoms with van der Waals surface area (Å²) in [4.78, 5) is 0. The average molecular weight is 197 g/mol. The highest BCUT2D eigenvalue weighted by Crippen LogP contribution is 2.45. The molecule has 1 aromatic rings. The van der Waals surface area contributed by atoms with Crippen molar-refractivity contribution in [2.24, 2.45) is 5.92 Å². The van der Waals surface area contributed by atoms with Crippen LogP contribution in [-0.4, -0.2) is 5.11 Å². The fourth-order valence-electron chi connectivity index (χ4n) is 1.68. The molecule has 1 aliphatic carbocycles. The van der Waals surface area contributed by atoms with E-state index in [9.17, 15) is 5.11 Å². The van der Waals surface area contributed by atoms with Crippen LogP contribution in [0.2, 0.25) is 5.02 Å². The second kappa shape index (κ2) is 3.00. The summed E-state index contributed by atoms with van der Waals surface area (Å²) < 4.78 is 0. The Balaban J connectivity index is 2.33. The van der Waals surface area contributed by atoms with E-state index in [2.05, 4.69) is 0 Å². The fraction of sp³-hybridized carbons (Fsp3) is 0.455. The zero-order valence-corrected chi connectivity index (χ0v) is 8.38. The van der Waals surface area contributed by atoms with Crippen LogP contribution >= 0.6 is 11.6 Å². The maximum Gasteiger partial charge on any atom is 0.0897 e. The zero-order chi connectivity index (χ0) is 9.47. The summed E-state index contributed by atoms with van der Waals surface area (Å²) in [6.07, 6.45) is 2.25. The van der Waals surface area contributed by atoms with Crippen LogP contribution in [0.1, 0.15) is 25.3 Å². The third-order valence-electron chi connectivity index (χ3n) is 2.78. The zero-order valence-electron chi connectivity index (χ0n) is 7.63. The molecular formula is C11H13ClO. The van der Waals surface area contributed by atoms with E-state index in [0.717, 1.165) is 18.4 Å². The molecule has 2 heteroatoms. The first-order chi connectivity index (χ1) is 6.10. The number of aliphatic hydroxyl groups is 1. The number of hydrogen-bond donors (Lipinski definition) is 1. The van der Waals surface area contributed by atoms with Gasteiger partial charge in [-0.15, -0.1) is 0 Å². The van der Waals surface area contributed by atoms with E-state index >= 15 is 0 Å². The molecule has 0 heterocycles. The van der Waals surface area contributed by atoms with E-state index in [1.54, 1.807) is 0 Å². The normalized spacial score (nSPS) is 21.2. The van der Waals surface area contributed by atoms with Crippen LogP contribution in [0.3, 0.4) is 0 Å². The first kappa shape index (κ1) is 9.04. The van der Waals surface area contributed by atoms with Gasteiger partial charge in [-0.05, 0) is 43.4 Å². The Labute approximate surface area is 83.3 Å². The molecule has 0 aliphatic heterocycles. The van der Waals surface area contributed by atoms with E-state index in [1.807, 2.05) is 31.2 Å². The molecule has 1 nitrogen and oxygen atoms in total. The molecule has 1 aromatic carbocycles. The van der Waals surface area contributed by atoms with Gasteiger partial charge in [0.15, 0.2) is 0 Å². The second-order valence-electron chi connectivity index (χ2n) is 3.93. The predicted octanol–water partition coefficient (Wildman–Crippen LogP) is 2.96. The van der Waals surface area contributed by atoms with Crippen molar-refractivity contribution in [3.63, 3.8) is 0 Å². The summed E-state index contributed by atoms with van der Waals surface area (Å²) >= 11 is 5.86. The summed E-state index contributed by atoms with van der Waals surface area (Å²) in [6, 6.07) is 7.49. The molecule has 0 bridgehead atoms. The fourth-order valence-corrected chi connectivity index (χ4v) is 1.87. The number of halogens is 1. The Morgan fingerprint density at radius 2 is 2.15 bits per heavy atom. The molecule has 0 unspecified atom stereocenters. The summed E-state index contributed by atoms with van der Waals surface area (Å²) in [7, 11) is 0. The van der Waals surface area contributed by atoms with Crippen molar-refractivity contribution < 1.29 is 5.11 Å². The van der Waals surface area contributed by atoms with Crippen LogP contribution < -0.4 is 0 Å². The van der Waals surface area contributed by atoms with Crippen molar-refractivity contribution in [3.05, 3.63) is 34.9 Å². The molecule has 1 fully saturated rings. The molecular weight excluding hydrogens is 184 g/mol. The van der Waals surface area contributed by atoms with Crippen LogP contribution in [0.5, 0.6) is 0 Å². The number of hydrogen-bond acceptors (Lipinski definition) is 1. The summed E-state index contributed by atoms with van der Waals surface area (Å²) in [5.74, 6) is 0.422. The molecule has 1 N–H and O–H groups in total. The lowest BCUT2D eigenvalue weighted by Crippen LogP contribution is -2.23. The van der Waals surface area contributed by atoms with Gasteiger partial charge in [0, 0.05) is 5.02 Å². The van der Waals surface area contributed by atoms with Gasteiger partial charge in [0.1, 0.15) is 0 Å². The van der Waals surface area contributed by atoms with Crippen molar-refractivity contribution in [3.8, 4) is 0 Å². The van der Waals surface area contributed by atoms with E-state index in [0.29, 0.717) is 10.9 Å². The van der Waals surface area contributed by atoms with Crippen molar-refractivity contribution in [1.82, 2.24) is 0 Å². The average Bonchev–Trinajstić information content (AvgIpc) is 2.86. The minimum atomic E-state index is -0.690. The van der Waals surface area contributed by atoms with Crippen molar-refractivity contribution >= 4 is 11.6 Å². The van der Waals surface area contributed by atoms with Crippen LogP contribution in [-0.2, 0) is 5.60 Å². The first-order valence-corrected chi connectivity index (χ1v) is 4.97. The van der Waals surface area contributed by atoms with Gasteiger partial charge >= 0.3 is 0 Å². The Bertz CT molecular complexity index is 316. The maximum absolute atomic E-state index is 10.2. The van der Waals surface area contributed by atoms with E-state index in [4.69, 9.17) is 11.6 Å². The van der Waals surface area contributed by atoms with Gasteiger partial charge in [-0.3, -0.25) is 0 Å². The first-order valence-electron chi connectivity index (χ1n) is 4.59. The molecule has 0 saturated heterocycles. The third-order valence-corrected chi connectivity index (χ3v) is 3.02. The Hall–Kier alpha value is -0.530. The Morgan fingerprint density at radius 3 is 2.69 bits per heavy atom. The largest absolute Gasteiger partial charge is 0.385 e. The van der Waals surface area contributed by atoms with E-state index < -0.39 is 5.60 Å². The highest BCUT2D eigenvalue weighted by molar-refractivity contribution is 6.30. The molecule has 70 valence electrons. The van der Waals surface area contributed by atoms with Crippen molar-refractivity contribution in [1.29, 1.82) is 0 Å². The SMILES string of the molecule is C[C@@](O)(c1cccc(Cl)c1)C1CC1. The Morgan fingerprint density at radius 1 is 1.46 bits per heavy atom. The minimum Gasteiger partial charge on any atom is -0.385 e. The molecule has 2 rings (SSSR count). The van der Waals surface area contributed by atoms with Gasteiger partial charge in [-0.1, -0.05) is 23.7 Å². The standard InChI is InChI=1S/C11H13ClO/c1-11(13,8-5-6-8)9-3-2-4-10(12)7-9/h2-4,7-8,13H,5-6H2,1H3/t11-/m0/s1. The second-order valence-corrected chi connectivity index (χ2v) is 4.37. The van der Waals surface area contributed by atoms with Gasteiger partial charge in [-0.25, -0.2) is 0 Å². The highest BCUT2D eigenvalue weighted by atomic mass is 35.5. The van der Waals surface area contributed by atoms with Crippen molar-refractivity contribution in [2.75, 3.05) is 0 Å². The molecule has 0 aromatic heterocycles. The maximum atomic E-state index is 10.2. The quantitative estimate of drug-likeness (QED) is 0.771.